The van der Waals surface area contributed by atoms with Gasteiger partial charge in [0.05, 0.1) is 12.1 Å². The Labute approximate surface area is 92.6 Å². The minimum Gasteiger partial charge on any atom is -0.316 e. The molecule has 1 aliphatic rings. The standard InChI is InChI=1S/C11H22N4/c1-14(7-5-10(13)8-12)9-11-4-3-6-15(11)2/h10-11H,3-7,9,13H2,1-2H3. The normalized spacial score (nSPS) is 24.3. The van der Waals surface area contributed by atoms with E-state index in [1.54, 1.807) is 0 Å². The zero-order chi connectivity index (χ0) is 11.3. The zero-order valence-electron chi connectivity index (χ0n) is 9.82. The van der Waals surface area contributed by atoms with E-state index in [2.05, 4.69) is 30.0 Å². The Kier molecular flexibility index (Phi) is 5.03. The van der Waals surface area contributed by atoms with Crippen molar-refractivity contribution < 1.29 is 0 Å². The van der Waals surface area contributed by atoms with E-state index in [-0.39, 0.29) is 6.04 Å². The van der Waals surface area contributed by atoms with Crippen LogP contribution in [0.25, 0.3) is 0 Å². The first-order valence-corrected chi connectivity index (χ1v) is 5.67. The van der Waals surface area contributed by atoms with Gasteiger partial charge in [0.1, 0.15) is 0 Å². The average Bonchev–Trinajstić information content (AvgIpc) is 2.61. The van der Waals surface area contributed by atoms with Crippen LogP contribution in [0, 0.1) is 11.3 Å². The molecular weight excluding hydrogens is 188 g/mol. The van der Waals surface area contributed by atoms with Crippen molar-refractivity contribution in [2.75, 3.05) is 33.7 Å². The lowest BCUT2D eigenvalue weighted by atomic mass is 10.2. The molecule has 4 nitrogen and oxygen atoms in total. The van der Waals surface area contributed by atoms with E-state index in [0.29, 0.717) is 6.04 Å². The first kappa shape index (κ1) is 12.4. The quantitative estimate of drug-likeness (QED) is 0.707. The van der Waals surface area contributed by atoms with E-state index in [4.69, 9.17) is 11.0 Å². The van der Waals surface area contributed by atoms with Gasteiger partial charge in [-0.25, -0.2) is 0 Å². The number of likely N-dealkylation sites (tertiary alicyclic amines) is 1. The van der Waals surface area contributed by atoms with Crippen LogP contribution in [0.15, 0.2) is 0 Å². The van der Waals surface area contributed by atoms with Crippen LogP contribution in [0.2, 0.25) is 0 Å². The van der Waals surface area contributed by atoms with E-state index >= 15 is 0 Å². The Morgan fingerprint density at radius 2 is 2.40 bits per heavy atom. The molecule has 15 heavy (non-hydrogen) atoms. The number of nitrogens with zero attached hydrogens (tertiary/aromatic N) is 3. The summed E-state index contributed by atoms with van der Waals surface area (Å²) in [5, 5.41) is 8.57. The summed E-state index contributed by atoms with van der Waals surface area (Å²) in [6, 6.07) is 2.44. The van der Waals surface area contributed by atoms with Crippen molar-refractivity contribution >= 4 is 0 Å². The van der Waals surface area contributed by atoms with Crippen molar-refractivity contribution in [1.82, 2.24) is 9.80 Å². The molecule has 1 aliphatic heterocycles. The predicted octanol–water partition coefficient (Wildman–Crippen LogP) is 0.253. The summed E-state index contributed by atoms with van der Waals surface area (Å²) in [6.07, 6.45) is 3.38. The Morgan fingerprint density at radius 3 is 2.93 bits per heavy atom. The topological polar surface area (TPSA) is 56.3 Å². The molecule has 0 aromatic carbocycles. The Hall–Kier alpha value is -0.630. The number of rotatable bonds is 5. The minimum absolute atomic E-state index is 0.311. The molecule has 0 spiro atoms. The van der Waals surface area contributed by atoms with Crippen LogP contribution in [0.4, 0.5) is 0 Å². The van der Waals surface area contributed by atoms with Gasteiger partial charge in [0.2, 0.25) is 0 Å². The molecule has 1 rings (SSSR count). The maximum atomic E-state index is 8.57. The van der Waals surface area contributed by atoms with Gasteiger partial charge in [0, 0.05) is 19.1 Å². The molecule has 2 atom stereocenters. The van der Waals surface area contributed by atoms with E-state index in [0.717, 1.165) is 19.5 Å². The molecule has 0 aromatic heterocycles. The largest absolute Gasteiger partial charge is 0.316 e. The summed E-state index contributed by atoms with van der Waals surface area (Å²) in [7, 11) is 4.29. The van der Waals surface area contributed by atoms with Gasteiger partial charge in [0.15, 0.2) is 0 Å². The summed E-state index contributed by atoms with van der Waals surface area (Å²) in [5.41, 5.74) is 5.56. The SMILES string of the molecule is CN(CCC(N)C#N)CC1CCCN1C. The third-order valence-electron chi connectivity index (χ3n) is 3.18. The predicted molar refractivity (Wildman–Crippen MR) is 61.4 cm³/mol. The second kappa shape index (κ2) is 6.06. The molecule has 0 saturated carbocycles. The Morgan fingerprint density at radius 1 is 1.67 bits per heavy atom. The van der Waals surface area contributed by atoms with Crippen LogP contribution in [-0.4, -0.2) is 55.6 Å². The maximum absolute atomic E-state index is 8.57. The number of nitriles is 1. The van der Waals surface area contributed by atoms with Crippen LogP contribution in [0.3, 0.4) is 0 Å². The summed E-state index contributed by atoms with van der Waals surface area (Å²) in [5.74, 6) is 0. The van der Waals surface area contributed by atoms with Crippen molar-refractivity contribution in [3.63, 3.8) is 0 Å². The molecular formula is C11H22N4. The van der Waals surface area contributed by atoms with Gasteiger partial charge in [-0.15, -0.1) is 0 Å². The molecule has 2 N–H and O–H groups in total. The molecule has 0 amide bonds. The third-order valence-corrected chi connectivity index (χ3v) is 3.18. The van der Waals surface area contributed by atoms with E-state index < -0.39 is 0 Å². The van der Waals surface area contributed by atoms with Crippen LogP contribution in [-0.2, 0) is 0 Å². The molecule has 1 fully saturated rings. The second-order valence-corrected chi connectivity index (χ2v) is 4.56. The lowest BCUT2D eigenvalue weighted by molar-refractivity contribution is 0.218. The van der Waals surface area contributed by atoms with Crippen LogP contribution < -0.4 is 5.73 Å². The van der Waals surface area contributed by atoms with Gasteiger partial charge in [-0.05, 0) is 39.9 Å². The lowest BCUT2D eigenvalue weighted by Crippen LogP contribution is -2.38. The van der Waals surface area contributed by atoms with Gasteiger partial charge < -0.3 is 15.5 Å². The number of likely N-dealkylation sites (N-methyl/N-ethyl adjacent to an activating group) is 2. The monoisotopic (exact) mass is 210 g/mol. The van der Waals surface area contributed by atoms with E-state index in [9.17, 15) is 0 Å². The first-order valence-electron chi connectivity index (χ1n) is 5.67. The summed E-state index contributed by atoms with van der Waals surface area (Å²) in [6.45, 7) is 3.23. The molecule has 0 aromatic rings. The smallest absolute Gasteiger partial charge is 0.0940 e. The van der Waals surface area contributed by atoms with Crippen molar-refractivity contribution in [2.45, 2.75) is 31.3 Å². The van der Waals surface area contributed by atoms with E-state index in [1.807, 2.05) is 0 Å². The van der Waals surface area contributed by atoms with Crippen molar-refractivity contribution in [1.29, 1.82) is 5.26 Å². The highest BCUT2D eigenvalue weighted by molar-refractivity contribution is 4.87. The average molecular weight is 210 g/mol. The Bertz CT molecular complexity index is 223. The van der Waals surface area contributed by atoms with Gasteiger partial charge in [0.25, 0.3) is 0 Å². The lowest BCUT2D eigenvalue weighted by Gasteiger charge is -2.25. The summed E-state index contributed by atoms with van der Waals surface area (Å²) >= 11 is 0. The van der Waals surface area contributed by atoms with Gasteiger partial charge in [-0.1, -0.05) is 0 Å². The van der Waals surface area contributed by atoms with Gasteiger partial charge >= 0.3 is 0 Å². The molecule has 86 valence electrons. The van der Waals surface area contributed by atoms with Gasteiger partial charge in [-0.2, -0.15) is 5.26 Å². The first-order chi connectivity index (χ1) is 7.13. The van der Waals surface area contributed by atoms with Crippen molar-refractivity contribution in [2.24, 2.45) is 5.73 Å². The Balaban J connectivity index is 2.18. The molecule has 0 bridgehead atoms. The van der Waals surface area contributed by atoms with E-state index in [1.165, 1.54) is 19.4 Å². The van der Waals surface area contributed by atoms with Crippen molar-refractivity contribution in [3.05, 3.63) is 0 Å². The summed E-state index contributed by atoms with van der Waals surface area (Å²) < 4.78 is 0. The van der Waals surface area contributed by atoms with Crippen LogP contribution >= 0.6 is 0 Å². The van der Waals surface area contributed by atoms with Crippen molar-refractivity contribution in [3.8, 4) is 6.07 Å². The zero-order valence-corrected chi connectivity index (χ0v) is 9.82. The molecule has 1 saturated heterocycles. The molecule has 0 radical (unpaired) electrons. The highest BCUT2D eigenvalue weighted by Gasteiger charge is 2.21. The fourth-order valence-corrected chi connectivity index (χ4v) is 2.09. The third kappa shape index (κ3) is 4.17. The highest BCUT2D eigenvalue weighted by atomic mass is 15.2. The summed E-state index contributed by atoms with van der Waals surface area (Å²) in [4.78, 5) is 4.70. The molecule has 2 unspecified atom stereocenters. The minimum atomic E-state index is -0.311. The number of hydrogen-bond acceptors (Lipinski definition) is 4. The maximum Gasteiger partial charge on any atom is 0.0940 e. The van der Waals surface area contributed by atoms with Crippen LogP contribution in [0.1, 0.15) is 19.3 Å². The number of hydrogen-bond donors (Lipinski definition) is 1. The molecule has 1 heterocycles. The van der Waals surface area contributed by atoms with Gasteiger partial charge in [-0.3, -0.25) is 0 Å². The fourth-order valence-electron chi connectivity index (χ4n) is 2.09. The second-order valence-electron chi connectivity index (χ2n) is 4.56. The molecule has 4 heteroatoms. The number of nitrogens with two attached hydrogens (primary N) is 1. The molecule has 0 aliphatic carbocycles. The fraction of sp³-hybridized carbons (Fsp3) is 0.909. The van der Waals surface area contributed by atoms with Crippen LogP contribution in [0.5, 0.6) is 0 Å². The highest BCUT2D eigenvalue weighted by Crippen LogP contribution is 2.15.